The second-order valence-electron chi connectivity index (χ2n) is 13.0. The summed E-state index contributed by atoms with van der Waals surface area (Å²) in [6, 6.07) is 64.3. The molecule has 54 heavy (non-hydrogen) atoms. The molecule has 9 aromatic rings. The van der Waals surface area contributed by atoms with Crippen molar-refractivity contribution in [2.75, 3.05) is 0 Å². The lowest BCUT2D eigenvalue weighted by molar-refractivity contribution is 1.18. The summed E-state index contributed by atoms with van der Waals surface area (Å²) in [6.45, 7) is 0. The SMILES string of the molecule is c1ccc(-c2cc(-c3ccccn3)nc(-c3cc(-c4ccc(-c5cccc(-c6nc(-c7ccccc7)cc(-c7ccccc7)n6)c5)cc4)ccn3)c2)cc1. The van der Waals surface area contributed by atoms with E-state index in [1.54, 1.807) is 6.20 Å². The fourth-order valence-corrected chi connectivity index (χ4v) is 6.64. The van der Waals surface area contributed by atoms with E-state index >= 15 is 0 Å². The van der Waals surface area contributed by atoms with Gasteiger partial charge in [-0.05, 0) is 81.9 Å². The highest BCUT2D eigenvalue weighted by molar-refractivity contribution is 5.79. The third-order valence-corrected chi connectivity index (χ3v) is 9.42. The zero-order chi connectivity index (χ0) is 36.1. The van der Waals surface area contributed by atoms with Gasteiger partial charge in [-0.1, -0.05) is 140 Å². The van der Waals surface area contributed by atoms with Crippen molar-refractivity contribution in [3.63, 3.8) is 0 Å². The van der Waals surface area contributed by atoms with Gasteiger partial charge in [0.05, 0.1) is 34.2 Å². The smallest absolute Gasteiger partial charge is 0.160 e. The van der Waals surface area contributed by atoms with Crippen molar-refractivity contribution in [2.24, 2.45) is 0 Å². The quantitative estimate of drug-likeness (QED) is 0.159. The molecule has 4 heterocycles. The topological polar surface area (TPSA) is 64.5 Å². The minimum atomic E-state index is 0.689. The van der Waals surface area contributed by atoms with Crippen molar-refractivity contribution in [3.8, 4) is 90.1 Å². The Labute approximate surface area is 314 Å². The molecule has 0 aliphatic carbocycles. The van der Waals surface area contributed by atoms with Crippen molar-refractivity contribution in [2.45, 2.75) is 0 Å². The summed E-state index contributed by atoms with van der Waals surface area (Å²) < 4.78 is 0. The van der Waals surface area contributed by atoms with Crippen LogP contribution in [-0.2, 0) is 0 Å². The summed E-state index contributed by atoms with van der Waals surface area (Å²) in [6.07, 6.45) is 3.65. The Balaban J connectivity index is 1.04. The molecule has 5 heteroatoms. The number of aromatic nitrogens is 5. The van der Waals surface area contributed by atoms with Crippen LogP contribution in [-0.4, -0.2) is 24.9 Å². The van der Waals surface area contributed by atoms with E-state index in [0.717, 1.165) is 84.2 Å². The van der Waals surface area contributed by atoms with E-state index in [9.17, 15) is 0 Å². The van der Waals surface area contributed by atoms with E-state index in [1.807, 2.05) is 85.1 Å². The lowest BCUT2D eigenvalue weighted by Crippen LogP contribution is -1.96. The number of rotatable bonds is 8. The molecule has 0 atom stereocenters. The Morgan fingerprint density at radius 2 is 0.704 bits per heavy atom. The number of pyridine rings is 3. The second-order valence-corrected chi connectivity index (χ2v) is 13.0. The molecule has 4 aromatic heterocycles. The standard InChI is InChI=1S/C49H33N5/c1-4-13-34(14-5-1)42-31-47(43-21-10-11-27-50-43)52-48(32-42)46-30-40(26-28-51-46)36-24-22-35(23-25-36)39-19-12-20-41(29-39)49-53-44(37-15-6-2-7-16-37)33-45(54-49)38-17-8-3-9-18-38/h1-33H. The summed E-state index contributed by atoms with van der Waals surface area (Å²) in [5.41, 5.74) is 14.6. The van der Waals surface area contributed by atoms with Gasteiger partial charge in [0.2, 0.25) is 0 Å². The van der Waals surface area contributed by atoms with E-state index in [2.05, 4.69) is 114 Å². The second kappa shape index (κ2) is 14.7. The van der Waals surface area contributed by atoms with Crippen molar-refractivity contribution in [1.29, 1.82) is 0 Å². The number of nitrogens with zero attached hydrogens (tertiary/aromatic N) is 5. The van der Waals surface area contributed by atoms with Crippen molar-refractivity contribution in [1.82, 2.24) is 24.9 Å². The first-order chi connectivity index (χ1) is 26.7. The van der Waals surface area contributed by atoms with Crippen LogP contribution in [0.1, 0.15) is 0 Å². The first kappa shape index (κ1) is 32.5. The molecular weight excluding hydrogens is 659 g/mol. The van der Waals surface area contributed by atoms with Crippen LogP contribution in [0.3, 0.4) is 0 Å². The van der Waals surface area contributed by atoms with Gasteiger partial charge in [-0.15, -0.1) is 0 Å². The molecule has 0 bridgehead atoms. The predicted octanol–water partition coefficient (Wildman–Crippen LogP) is 12.0. The first-order valence-electron chi connectivity index (χ1n) is 17.9. The van der Waals surface area contributed by atoms with E-state index in [1.165, 1.54) is 0 Å². The highest BCUT2D eigenvalue weighted by atomic mass is 14.9. The lowest BCUT2D eigenvalue weighted by Gasteiger charge is -2.11. The Morgan fingerprint density at radius 1 is 0.222 bits per heavy atom. The summed E-state index contributed by atoms with van der Waals surface area (Å²) >= 11 is 0. The van der Waals surface area contributed by atoms with Crippen LogP contribution in [0.15, 0.2) is 200 Å². The van der Waals surface area contributed by atoms with E-state index < -0.39 is 0 Å². The van der Waals surface area contributed by atoms with Crippen LogP contribution >= 0.6 is 0 Å². The molecule has 0 aliphatic rings. The van der Waals surface area contributed by atoms with Crippen molar-refractivity contribution < 1.29 is 0 Å². The average molecular weight is 692 g/mol. The van der Waals surface area contributed by atoms with Crippen LogP contribution in [0.2, 0.25) is 0 Å². The normalized spacial score (nSPS) is 11.0. The van der Waals surface area contributed by atoms with Gasteiger partial charge < -0.3 is 0 Å². The van der Waals surface area contributed by atoms with Gasteiger partial charge in [-0.2, -0.15) is 0 Å². The average Bonchev–Trinajstić information content (AvgIpc) is 3.27. The van der Waals surface area contributed by atoms with E-state index in [-0.39, 0.29) is 0 Å². The molecule has 254 valence electrons. The van der Waals surface area contributed by atoms with Crippen LogP contribution in [0.4, 0.5) is 0 Å². The van der Waals surface area contributed by atoms with E-state index in [4.69, 9.17) is 19.9 Å². The molecule has 5 nitrogen and oxygen atoms in total. The van der Waals surface area contributed by atoms with Gasteiger partial charge in [0.25, 0.3) is 0 Å². The number of hydrogen-bond acceptors (Lipinski definition) is 5. The first-order valence-corrected chi connectivity index (χ1v) is 17.9. The Hall–Kier alpha value is -7.37. The Kier molecular flexibility index (Phi) is 8.86. The van der Waals surface area contributed by atoms with Crippen LogP contribution in [0.25, 0.3) is 90.1 Å². The van der Waals surface area contributed by atoms with Gasteiger partial charge in [0.1, 0.15) is 0 Å². The summed E-state index contributed by atoms with van der Waals surface area (Å²) in [7, 11) is 0. The number of hydrogen-bond donors (Lipinski definition) is 0. The molecule has 0 spiro atoms. The minimum absolute atomic E-state index is 0.689. The molecule has 0 N–H and O–H groups in total. The predicted molar refractivity (Wildman–Crippen MR) is 219 cm³/mol. The highest BCUT2D eigenvalue weighted by Crippen LogP contribution is 2.33. The van der Waals surface area contributed by atoms with Gasteiger partial charge in [-0.3, -0.25) is 9.97 Å². The van der Waals surface area contributed by atoms with Gasteiger partial charge in [0, 0.05) is 29.1 Å². The van der Waals surface area contributed by atoms with Crippen LogP contribution in [0.5, 0.6) is 0 Å². The van der Waals surface area contributed by atoms with Gasteiger partial charge >= 0.3 is 0 Å². The monoisotopic (exact) mass is 691 g/mol. The molecule has 0 saturated heterocycles. The summed E-state index contributed by atoms with van der Waals surface area (Å²) in [4.78, 5) is 24.5. The molecule has 0 aliphatic heterocycles. The maximum Gasteiger partial charge on any atom is 0.160 e. The molecule has 0 saturated carbocycles. The number of benzene rings is 5. The zero-order valence-electron chi connectivity index (χ0n) is 29.3. The van der Waals surface area contributed by atoms with Crippen molar-refractivity contribution in [3.05, 3.63) is 200 Å². The molecule has 5 aromatic carbocycles. The summed E-state index contributed by atoms with van der Waals surface area (Å²) in [5, 5.41) is 0. The fourth-order valence-electron chi connectivity index (χ4n) is 6.64. The molecule has 9 rings (SSSR count). The van der Waals surface area contributed by atoms with Crippen LogP contribution < -0.4 is 0 Å². The lowest BCUT2D eigenvalue weighted by atomic mass is 9.98. The molecule has 0 fully saturated rings. The molecule has 0 radical (unpaired) electrons. The maximum atomic E-state index is 5.04. The fraction of sp³-hybridized carbons (Fsp3) is 0. The zero-order valence-corrected chi connectivity index (χ0v) is 29.3. The Bertz CT molecular complexity index is 2380. The van der Waals surface area contributed by atoms with Crippen LogP contribution in [0, 0.1) is 0 Å². The molecule has 0 unspecified atom stereocenters. The third-order valence-electron chi connectivity index (χ3n) is 9.42. The largest absolute Gasteiger partial charge is 0.255 e. The van der Waals surface area contributed by atoms with Gasteiger partial charge in [0.15, 0.2) is 5.82 Å². The van der Waals surface area contributed by atoms with E-state index in [0.29, 0.717) is 5.82 Å². The Morgan fingerprint density at radius 3 is 1.31 bits per heavy atom. The highest BCUT2D eigenvalue weighted by Gasteiger charge is 2.14. The minimum Gasteiger partial charge on any atom is -0.255 e. The summed E-state index contributed by atoms with van der Waals surface area (Å²) in [5.74, 6) is 0.689. The maximum absolute atomic E-state index is 5.04. The third kappa shape index (κ3) is 6.94. The van der Waals surface area contributed by atoms with Gasteiger partial charge in [-0.25, -0.2) is 15.0 Å². The van der Waals surface area contributed by atoms with Crippen molar-refractivity contribution >= 4 is 0 Å². The molecule has 0 amide bonds. The molecular formula is C49H33N5.